The van der Waals surface area contributed by atoms with Crippen LogP contribution in [0.1, 0.15) is 21.6 Å². The summed E-state index contributed by atoms with van der Waals surface area (Å²) in [6, 6.07) is 17.0. The number of aromatic nitrogens is 2. The number of hydrogen-bond acceptors (Lipinski definition) is 4. The van der Waals surface area contributed by atoms with E-state index in [9.17, 15) is 4.79 Å². The maximum atomic E-state index is 12.5. The molecule has 0 fully saturated rings. The van der Waals surface area contributed by atoms with E-state index >= 15 is 0 Å². The Morgan fingerprint density at radius 3 is 2.65 bits per heavy atom. The molecule has 1 heterocycles. The first-order valence-corrected chi connectivity index (χ1v) is 8.57. The average Bonchev–Trinajstić information content (AvgIpc) is 2.66. The Bertz CT molecular complexity index is 915. The lowest BCUT2D eigenvalue weighted by molar-refractivity contribution is 0.102. The third kappa shape index (κ3) is 4.18. The zero-order valence-electron chi connectivity index (χ0n) is 14.6. The van der Waals surface area contributed by atoms with Crippen molar-refractivity contribution in [2.24, 2.45) is 0 Å². The molecule has 0 bridgehead atoms. The molecule has 0 aliphatic heterocycles. The molecule has 0 spiro atoms. The van der Waals surface area contributed by atoms with Gasteiger partial charge in [-0.2, -0.15) is 0 Å². The van der Waals surface area contributed by atoms with E-state index in [0.717, 1.165) is 11.1 Å². The van der Waals surface area contributed by atoms with Crippen molar-refractivity contribution < 1.29 is 4.79 Å². The SMILES string of the molecule is Cc1c(Cl)cccc1NC(=O)c1ccnc(N(C)Cc2ccccc2)n1. The van der Waals surface area contributed by atoms with Crippen molar-refractivity contribution in [2.75, 3.05) is 17.3 Å². The molecule has 0 aliphatic carbocycles. The normalized spacial score (nSPS) is 10.4. The fraction of sp³-hybridized carbons (Fsp3) is 0.150. The second-order valence-electron chi connectivity index (χ2n) is 5.95. The van der Waals surface area contributed by atoms with Crippen LogP contribution < -0.4 is 10.2 Å². The summed E-state index contributed by atoms with van der Waals surface area (Å²) in [6.45, 7) is 2.51. The van der Waals surface area contributed by atoms with Crippen LogP contribution in [-0.4, -0.2) is 22.9 Å². The van der Waals surface area contributed by atoms with Crippen LogP contribution in [0.25, 0.3) is 0 Å². The first-order valence-electron chi connectivity index (χ1n) is 8.19. The Balaban J connectivity index is 1.76. The van der Waals surface area contributed by atoms with Crippen LogP contribution in [-0.2, 0) is 6.54 Å². The molecular formula is C20H19ClN4O. The second kappa shape index (κ2) is 7.97. The van der Waals surface area contributed by atoms with Gasteiger partial charge in [0.2, 0.25) is 5.95 Å². The molecule has 0 atom stereocenters. The minimum atomic E-state index is -0.299. The number of carbonyl (C=O) groups is 1. The van der Waals surface area contributed by atoms with Crippen LogP contribution in [0.3, 0.4) is 0 Å². The Kier molecular flexibility index (Phi) is 5.49. The maximum Gasteiger partial charge on any atom is 0.274 e. The van der Waals surface area contributed by atoms with Gasteiger partial charge in [-0.05, 0) is 36.2 Å². The number of nitrogens with zero attached hydrogens (tertiary/aromatic N) is 3. The van der Waals surface area contributed by atoms with Gasteiger partial charge in [0.05, 0.1) is 0 Å². The van der Waals surface area contributed by atoms with Gasteiger partial charge in [0.1, 0.15) is 5.69 Å². The first kappa shape index (κ1) is 17.9. The molecule has 5 nitrogen and oxygen atoms in total. The molecule has 132 valence electrons. The lowest BCUT2D eigenvalue weighted by atomic mass is 10.2. The van der Waals surface area contributed by atoms with Gasteiger partial charge in [0.15, 0.2) is 0 Å². The minimum absolute atomic E-state index is 0.299. The predicted octanol–water partition coefficient (Wildman–Crippen LogP) is 4.33. The van der Waals surface area contributed by atoms with Crippen molar-refractivity contribution in [2.45, 2.75) is 13.5 Å². The van der Waals surface area contributed by atoms with Crippen molar-refractivity contribution in [3.05, 3.63) is 82.6 Å². The second-order valence-corrected chi connectivity index (χ2v) is 6.36. The van der Waals surface area contributed by atoms with Crippen molar-refractivity contribution in [1.82, 2.24) is 9.97 Å². The molecule has 26 heavy (non-hydrogen) atoms. The Labute approximate surface area is 157 Å². The summed E-state index contributed by atoms with van der Waals surface area (Å²) in [5.41, 5.74) is 2.93. The smallest absolute Gasteiger partial charge is 0.274 e. The molecule has 1 amide bonds. The highest BCUT2D eigenvalue weighted by atomic mass is 35.5. The van der Waals surface area contributed by atoms with Gasteiger partial charge >= 0.3 is 0 Å². The van der Waals surface area contributed by atoms with Gasteiger partial charge in [0.25, 0.3) is 5.91 Å². The summed E-state index contributed by atoms with van der Waals surface area (Å²) >= 11 is 6.10. The van der Waals surface area contributed by atoms with Crippen LogP contribution in [0.4, 0.5) is 11.6 Å². The number of anilines is 2. The number of amides is 1. The van der Waals surface area contributed by atoms with E-state index in [-0.39, 0.29) is 5.91 Å². The van der Waals surface area contributed by atoms with E-state index in [2.05, 4.69) is 15.3 Å². The third-order valence-corrected chi connectivity index (χ3v) is 4.40. The van der Waals surface area contributed by atoms with E-state index in [1.807, 2.05) is 55.3 Å². The highest BCUT2D eigenvalue weighted by Gasteiger charge is 2.13. The largest absolute Gasteiger partial charge is 0.340 e. The van der Waals surface area contributed by atoms with E-state index in [0.29, 0.717) is 28.9 Å². The number of carbonyl (C=O) groups excluding carboxylic acids is 1. The van der Waals surface area contributed by atoms with Crippen LogP contribution in [0.5, 0.6) is 0 Å². The molecule has 1 aromatic heterocycles. The van der Waals surface area contributed by atoms with Gasteiger partial charge in [-0.25, -0.2) is 9.97 Å². The van der Waals surface area contributed by atoms with Gasteiger partial charge in [0, 0.05) is 30.5 Å². The van der Waals surface area contributed by atoms with Crippen LogP contribution in [0.2, 0.25) is 5.02 Å². The van der Waals surface area contributed by atoms with Gasteiger partial charge in [-0.1, -0.05) is 48.0 Å². The van der Waals surface area contributed by atoms with Crippen molar-refractivity contribution in [1.29, 1.82) is 0 Å². The molecule has 0 saturated carbocycles. The quantitative estimate of drug-likeness (QED) is 0.730. The Hall–Kier alpha value is -2.92. The van der Waals surface area contributed by atoms with Crippen molar-refractivity contribution in [3.63, 3.8) is 0 Å². The zero-order valence-corrected chi connectivity index (χ0v) is 15.4. The lowest BCUT2D eigenvalue weighted by Gasteiger charge is -2.17. The summed E-state index contributed by atoms with van der Waals surface area (Å²) in [6.07, 6.45) is 1.59. The number of rotatable bonds is 5. The highest BCUT2D eigenvalue weighted by molar-refractivity contribution is 6.31. The van der Waals surface area contributed by atoms with Gasteiger partial charge in [-0.3, -0.25) is 4.79 Å². The van der Waals surface area contributed by atoms with E-state index in [1.165, 1.54) is 0 Å². The third-order valence-electron chi connectivity index (χ3n) is 4.00. The molecule has 0 unspecified atom stereocenters. The summed E-state index contributed by atoms with van der Waals surface area (Å²) in [5, 5.41) is 3.46. The van der Waals surface area contributed by atoms with Crippen molar-refractivity contribution in [3.8, 4) is 0 Å². The van der Waals surface area contributed by atoms with Crippen LogP contribution >= 0.6 is 11.6 Å². The Morgan fingerprint density at radius 2 is 1.88 bits per heavy atom. The summed E-state index contributed by atoms with van der Waals surface area (Å²) < 4.78 is 0. The molecule has 6 heteroatoms. The molecular weight excluding hydrogens is 348 g/mol. The first-order chi connectivity index (χ1) is 12.5. The standard InChI is InChI=1S/C20H19ClN4O/c1-14-16(21)9-6-10-17(14)23-19(26)18-11-12-22-20(24-18)25(2)13-15-7-4-3-5-8-15/h3-12H,13H2,1-2H3,(H,23,26). The summed E-state index contributed by atoms with van der Waals surface area (Å²) in [5.74, 6) is 0.191. The number of nitrogens with one attached hydrogen (secondary N) is 1. The summed E-state index contributed by atoms with van der Waals surface area (Å²) in [7, 11) is 1.89. The fourth-order valence-corrected chi connectivity index (χ4v) is 2.69. The van der Waals surface area contributed by atoms with E-state index < -0.39 is 0 Å². The van der Waals surface area contributed by atoms with Crippen LogP contribution in [0.15, 0.2) is 60.8 Å². The fourth-order valence-electron chi connectivity index (χ4n) is 2.52. The number of benzene rings is 2. The minimum Gasteiger partial charge on any atom is -0.340 e. The molecule has 2 aromatic carbocycles. The number of halogens is 1. The lowest BCUT2D eigenvalue weighted by Crippen LogP contribution is -2.21. The topological polar surface area (TPSA) is 58.1 Å². The highest BCUT2D eigenvalue weighted by Crippen LogP contribution is 2.23. The average molecular weight is 367 g/mol. The molecule has 1 N–H and O–H groups in total. The Morgan fingerprint density at radius 1 is 1.12 bits per heavy atom. The zero-order chi connectivity index (χ0) is 18.5. The van der Waals surface area contributed by atoms with Crippen molar-refractivity contribution >= 4 is 29.1 Å². The molecule has 3 aromatic rings. The van der Waals surface area contributed by atoms with Gasteiger partial charge in [-0.15, -0.1) is 0 Å². The monoisotopic (exact) mass is 366 g/mol. The van der Waals surface area contributed by atoms with E-state index in [1.54, 1.807) is 24.4 Å². The van der Waals surface area contributed by atoms with E-state index in [4.69, 9.17) is 11.6 Å². The van der Waals surface area contributed by atoms with Crippen LogP contribution in [0, 0.1) is 6.92 Å². The maximum absolute atomic E-state index is 12.5. The predicted molar refractivity (Wildman–Crippen MR) is 105 cm³/mol. The number of hydrogen-bond donors (Lipinski definition) is 1. The van der Waals surface area contributed by atoms with Gasteiger partial charge < -0.3 is 10.2 Å². The molecule has 0 aliphatic rings. The summed E-state index contributed by atoms with van der Waals surface area (Å²) in [4.78, 5) is 23.1. The molecule has 3 rings (SSSR count). The molecule has 0 saturated heterocycles. The molecule has 0 radical (unpaired) electrons.